The van der Waals surface area contributed by atoms with Crippen LogP contribution in [0.25, 0.3) is 0 Å². The van der Waals surface area contributed by atoms with Crippen molar-refractivity contribution >= 4 is 17.9 Å². The average molecular weight is 934 g/mol. The van der Waals surface area contributed by atoms with Gasteiger partial charge in [-0.3, -0.25) is 14.4 Å². The van der Waals surface area contributed by atoms with E-state index in [-0.39, 0.29) is 31.1 Å². The predicted molar refractivity (Wildman–Crippen MR) is 284 cm³/mol. The second-order valence-corrected chi connectivity index (χ2v) is 20.9. The summed E-state index contributed by atoms with van der Waals surface area (Å²) in [5.74, 6) is 0.0122. The zero-order chi connectivity index (χ0) is 48.1. The van der Waals surface area contributed by atoms with Crippen molar-refractivity contribution in [3.8, 4) is 0 Å². The SMILES string of the molecule is CCCCCCCCCCCCCCCCCCCCC(=O)OC[C@H](COC(=O)CCCCCCCCCCC(C)CC)OC(=O)CCCCCCCCCCCCCCCCCCCC. The molecule has 0 heterocycles. The third-order valence-electron chi connectivity index (χ3n) is 14.2. The lowest BCUT2D eigenvalue weighted by Gasteiger charge is -2.18. The lowest BCUT2D eigenvalue weighted by Crippen LogP contribution is -2.30. The first kappa shape index (κ1) is 64.4. The van der Waals surface area contributed by atoms with E-state index in [0.29, 0.717) is 19.3 Å². The van der Waals surface area contributed by atoms with Crippen molar-refractivity contribution in [2.45, 2.75) is 348 Å². The highest BCUT2D eigenvalue weighted by Crippen LogP contribution is 2.19. The van der Waals surface area contributed by atoms with Gasteiger partial charge in [-0.2, -0.15) is 0 Å². The Morgan fingerprint density at radius 2 is 0.530 bits per heavy atom. The second kappa shape index (κ2) is 54.4. The molecular formula is C60H116O6. The fraction of sp³-hybridized carbons (Fsp3) is 0.950. The molecule has 6 nitrogen and oxygen atoms in total. The Bertz CT molecular complexity index is 998. The van der Waals surface area contributed by atoms with Crippen LogP contribution in [0.1, 0.15) is 342 Å². The predicted octanol–water partition coefficient (Wildman–Crippen LogP) is 19.8. The molecule has 0 aliphatic carbocycles. The molecular weight excluding hydrogens is 817 g/mol. The summed E-state index contributed by atoms with van der Waals surface area (Å²) >= 11 is 0. The topological polar surface area (TPSA) is 78.9 Å². The van der Waals surface area contributed by atoms with Crippen LogP contribution in [0.3, 0.4) is 0 Å². The standard InChI is InChI=1S/C60H116O6/c1-5-8-10-12-14-16-18-20-22-24-26-28-30-32-34-39-43-47-51-58(61)64-54-57(55-65-59(62)52-48-44-40-37-36-38-42-46-50-56(4)7-3)66-60(63)53-49-45-41-35-33-31-29-27-25-23-21-19-17-15-13-11-9-6-2/h56-57H,5-55H2,1-4H3/t56?,57-/m1/s1. The molecule has 392 valence electrons. The van der Waals surface area contributed by atoms with E-state index in [1.807, 2.05) is 0 Å². The Hall–Kier alpha value is -1.59. The van der Waals surface area contributed by atoms with Crippen LogP contribution >= 0.6 is 0 Å². The van der Waals surface area contributed by atoms with Gasteiger partial charge < -0.3 is 14.2 Å². The van der Waals surface area contributed by atoms with Crippen molar-refractivity contribution in [1.29, 1.82) is 0 Å². The molecule has 0 fully saturated rings. The van der Waals surface area contributed by atoms with Crippen LogP contribution in [0, 0.1) is 5.92 Å². The molecule has 0 N–H and O–H groups in total. The quantitative estimate of drug-likeness (QED) is 0.0343. The highest BCUT2D eigenvalue weighted by atomic mass is 16.6. The summed E-state index contributed by atoms with van der Waals surface area (Å²) in [6, 6.07) is 0. The van der Waals surface area contributed by atoms with E-state index in [4.69, 9.17) is 14.2 Å². The van der Waals surface area contributed by atoms with Crippen molar-refractivity contribution in [2.75, 3.05) is 13.2 Å². The van der Waals surface area contributed by atoms with Crippen LogP contribution in [-0.4, -0.2) is 37.2 Å². The average Bonchev–Trinajstić information content (AvgIpc) is 3.32. The zero-order valence-electron chi connectivity index (χ0n) is 45.2. The van der Waals surface area contributed by atoms with Gasteiger partial charge in [0.15, 0.2) is 6.10 Å². The second-order valence-electron chi connectivity index (χ2n) is 20.9. The van der Waals surface area contributed by atoms with E-state index < -0.39 is 6.10 Å². The highest BCUT2D eigenvalue weighted by molar-refractivity contribution is 5.71. The van der Waals surface area contributed by atoms with E-state index >= 15 is 0 Å². The molecule has 1 unspecified atom stereocenters. The van der Waals surface area contributed by atoms with E-state index in [2.05, 4.69) is 27.7 Å². The van der Waals surface area contributed by atoms with Gasteiger partial charge in [0, 0.05) is 19.3 Å². The van der Waals surface area contributed by atoms with E-state index in [1.165, 1.54) is 238 Å². The summed E-state index contributed by atoms with van der Waals surface area (Å²) in [6.45, 7) is 9.07. The van der Waals surface area contributed by atoms with Gasteiger partial charge in [-0.15, -0.1) is 0 Å². The molecule has 0 aromatic heterocycles. The zero-order valence-corrected chi connectivity index (χ0v) is 45.2. The fourth-order valence-corrected chi connectivity index (χ4v) is 9.25. The number of hydrogen-bond acceptors (Lipinski definition) is 6. The smallest absolute Gasteiger partial charge is 0.306 e. The molecule has 0 aliphatic heterocycles. The summed E-state index contributed by atoms with van der Waals surface area (Å²) in [4.78, 5) is 38.2. The van der Waals surface area contributed by atoms with Gasteiger partial charge in [0.1, 0.15) is 13.2 Å². The maximum absolute atomic E-state index is 12.9. The molecule has 0 aromatic carbocycles. The summed E-state index contributed by atoms with van der Waals surface area (Å²) in [6.07, 6.45) is 59.5. The molecule has 2 atom stereocenters. The Balaban J connectivity index is 4.27. The van der Waals surface area contributed by atoms with Crippen LogP contribution in [-0.2, 0) is 28.6 Å². The number of carbonyl (C=O) groups is 3. The van der Waals surface area contributed by atoms with E-state index in [1.54, 1.807) is 0 Å². The molecule has 0 aliphatic rings. The van der Waals surface area contributed by atoms with Gasteiger partial charge in [0.05, 0.1) is 0 Å². The first-order valence-corrected chi connectivity index (χ1v) is 29.9. The number of unbranched alkanes of at least 4 members (excludes halogenated alkanes) is 41. The molecule has 6 heteroatoms. The van der Waals surface area contributed by atoms with Gasteiger partial charge in [0.25, 0.3) is 0 Å². The van der Waals surface area contributed by atoms with Gasteiger partial charge in [-0.25, -0.2) is 0 Å². The van der Waals surface area contributed by atoms with Crippen LogP contribution in [0.15, 0.2) is 0 Å². The van der Waals surface area contributed by atoms with Crippen molar-refractivity contribution in [3.05, 3.63) is 0 Å². The van der Waals surface area contributed by atoms with Crippen molar-refractivity contribution in [2.24, 2.45) is 5.92 Å². The van der Waals surface area contributed by atoms with Crippen molar-refractivity contribution < 1.29 is 28.6 Å². The number of esters is 3. The molecule has 0 spiro atoms. The molecule has 0 aromatic rings. The largest absolute Gasteiger partial charge is 0.462 e. The monoisotopic (exact) mass is 933 g/mol. The van der Waals surface area contributed by atoms with Gasteiger partial charge >= 0.3 is 17.9 Å². The Kier molecular flexibility index (Phi) is 53.0. The minimum atomic E-state index is -0.762. The van der Waals surface area contributed by atoms with Crippen LogP contribution in [0.5, 0.6) is 0 Å². The normalized spacial score (nSPS) is 12.4. The maximum atomic E-state index is 12.9. The molecule has 0 rings (SSSR count). The minimum Gasteiger partial charge on any atom is -0.462 e. The molecule has 0 bridgehead atoms. The minimum absolute atomic E-state index is 0.0621. The fourth-order valence-electron chi connectivity index (χ4n) is 9.25. The first-order valence-electron chi connectivity index (χ1n) is 29.9. The van der Waals surface area contributed by atoms with Gasteiger partial charge in [-0.05, 0) is 25.2 Å². The summed E-state index contributed by atoms with van der Waals surface area (Å²) in [5.41, 5.74) is 0. The van der Waals surface area contributed by atoms with Crippen LogP contribution in [0.4, 0.5) is 0 Å². The highest BCUT2D eigenvalue weighted by Gasteiger charge is 2.19. The van der Waals surface area contributed by atoms with E-state index in [9.17, 15) is 14.4 Å². The lowest BCUT2D eigenvalue weighted by atomic mass is 9.99. The summed E-state index contributed by atoms with van der Waals surface area (Å²) < 4.78 is 16.9. The number of carbonyl (C=O) groups excluding carboxylic acids is 3. The Morgan fingerprint density at radius 3 is 0.788 bits per heavy atom. The Labute approximate surface area is 412 Å². The molecule has 0 saturated carbocycles. The third kappa shape index (κ3) is 51.8. The van der Waals surface area contributed by atoms with Crippen LogP contribution < -0.4 is 0 Å². The van der Waals surface area contributed by atoms with Gasteiger partial charge in [-0.1, -0.05) is 304 Å². The molecule has 0 saturated heterocycles. The first-order chi connectivity index (χ1) is 32.4. The summed E-state index contributed by atoms with van der Waals surface area (Å²) in [7, 11) is 0. The lowest BCUT2D eigenvalue weighted by molar-refractivity contribution is -0.167. The van der Waals surface area contributed by atoms with Crippen LogP contribution in [0.2, 0.25) is 0 Å². The van der Waals surface area contributed by atoms with Gasteiger partial charge in [0.2, 0.25) is 0 Å². The number of rotatable bonds is 55. The van der Waals surface area contributed by atoms with Crippen molar-refractivity contribution in [3.63, 3.8) is 0 Å². The van der Waals surface area contributed by atoms with E-state index in [0.717, 1.165) is 63.7 Å². The molecule has 0 radical (unpaired) electrons. The third-order valence-corrected chi connectivity index (χ3v) is 14.2. The molecule has 0 amide bonds. The number of ether oxygens (including phenoxy) is 3. The number of hydrogen-bond donors (Lipinski definition) is 0. The Morgan fingerprint density at radius 1 is 0.303 bits per heavy atom. The molecule has 66 heavy (non-hydrogen) atoms. The maximum Gasteiger partial charge on any atom is 0.306 e. The summed E-state index contributed by atoms with van der Waals surface area (Å²) in [5, 5.41) is 0. The van der Waals surface area contributed by atoms with Crippen molar-refractivity contribution in [1.82, 2.24) is 0 Å².